The van der Waals surface area contributed by atoms with E-state index in [1.54, 1.807) is 18.3 Å². The lowest BCUT2D eigenvalue weighted by atomic mass is 10.2. The van der Waals surface area contributed by atoms with Gasteiger partial charge in [0.2, 0.25) is 5.91 Å². The number of alkyl halides is 3. The molecule has 1 aliphatic heterocycles. The maximum absolute atomic E-state index is 14.3. The SMILES string of the molecule is CCn1c(=C(C#N)C(=O)NCC(F)(F)F)sc(=CNc2ccc(F)c(NC(=O)CN3CCOCC3)c2)c1=O. The summed E-state index contributed by atoms with van der Waals surface area (Å²) in [6, 6.07) is 5.38. The molecule has 0 spiro atoms. The molecule has 0 saturated carbocycles. The lowest BCUT2D eigenvalue weighted by molar-refractivity contribution is -0.135. The molecule has 2 amide bonds. The van der Waals surface area contributed by atoms with Crippen molar-refractivity contribution in [2.24, 2.45) is 0 Å². The van der Waals surface area contributed by atoms with Crippen LogP contribution < -0.4 is 30.7 Å². The van der Waals surface area contributed by atoms with E-state index in [0.717, 1.165) is 22.0 Å². The molecule has 2 aromatic rings. The second-order valence-corrected chi connectivity index (χ2v) is 9.06. The number of thiazole rings is 1. The van der Waals surface area contributed by atoms with Crippen LogP contribution in [0.15, 0.2) is 23.0 Å². The van der Waals surface area contributed by atoms with E-state index < -0.39 is 41.5 Å². The van der Waals surface area contributed by atoms with Gasteiger partial charge < -0.3 is 20.7 Å². The van der Waals surface area contributed by atoms with Gasteiger partial charge in [-0.2, -0.15) is 18.4 Å². The third-order valence-electron chi connectivity index (χ3n) is 5.31. The lowest BCUT2D eigenvalue weighted by Crippen LogP contribution is -2.41. The fourth-order valence-electron chi connectivity index (χ4n) is 3.47. The Kier molecular flexibility index (Phi) is 9.61. The number of nitrogens with one attached hydrogen (secondary N) is 3. The van der Waals surface area contributed by atoms with Crippen molar-refractivity contribution >= 4 is 46.3 Å². The van der Waals surface area contributed by atoms with Crippen LogP contribution in [-0.4, -0.2) is 66.9 Å². The highest BCUT2D eigenvalue weighted by molar-refractivity contribution is 7.07. The number of hydrogen-bond acceptors (Lipinski definition) is 8. The van der Waals surface area contributed by atoms with Crippen molar-refractivity contribution in [2.45, 2.75) is 19.6 Å². The Hall–Kier alpha value is -3.74. The molecule has 0 atom stereocenters. The molecule has 38 heavy (non-hydrogen) atoms. The molecule has 3 N–H and O–H groups in total. The summed E-state index contributed by atoms with van der Waals surface area (Å²) in [4.78, 5) is 39.2. The number of morpholine rings is 1. The van der Waals surface area contributed by atoms with Gasteiger partial charge in [0.1, 0.15) is 27.6 Å². The molecule has 0 unspecified atom stereocenters. The highest BCUT2D eigenvalue weighted by atomic mass is 32.1. The Bertz CT molecular complexity index is 1410. The molecule has 0 radical (unpaired) electrons. The number of rotatable bonds is 8. The smallest absolute Gasteiger partial charge is 0.379 e. The third kappa shape index (κ3) is 7.63. The van der Waals surface area contributed by atoms with Gasteiger partial charge in [0.15, 0.2) is 5.57 Å². The minimum atomic E-state index is -4.67. The highest BCUT2D eigenvalue weighted by Crippen LogP contribution is 2.20. The number of amides is 2. The number of benzene rings is 1. The zero-order valence-corrected chi connectivity index (χ0v) is 21.0. The van der Waals surface area contributed by atoms with E-state index in [1.807, 2.05) is 4.90 Å². The van der Waals surface area contributed by atoms with E-state index in [4.69, 9.17) is 4.74 Å². The van der Waals surface area contributed by atoms with Crippen LogP contribution in [0.25, 0.3) is 11.8 Å². The van der Waals surface area contributed by atoms with Crippen LogP contribution >= 0.6 is 11.3 Å². The van der Waals surface area contributed by atoms with Crippen molar-refractivity contribution in [3.05, 3.63) is 43.6 Å². The lowest BCUT2D eigenvalue weighted by Gasteiger charge is -2.25. The largest absolute Gasteiger partial charge is 0.405 e. The quantitative estimate of drug-likeness (QED) is 0.405. The normalized spacial score (nSPS) is 15.5. The van der Waals surface area contributed by atoms with E-state index in [1.165, 1.54) is 18.3 Å². The van der Waals surface area contributed by atoms with Gasteiger partial charge in [0.25, 0.3) is 11.5 Å². The first kappa shape index (κ1) is 28.8. The van der Waals surface area contributed by atoms with Crippen molar-refractivity contribution < 1.29 is 31.9 Å². The molecule has 204 valence electrons. The maximum atomic E-state index is 14.3. The van der Waals surface area contributed by atoms with Crippen LogP contribution in [0.4, 0.5) is 28.9 Å². The van der Waals surface area contributed by atoms with Gasteiger partial charge in [-0.15, -0.1) is 11.3 Å². The number of carbonyl (C=O) groups is 2. The average molecular weight is 557 g/mol. The molecule has 15 heteroatoms. The summed E-state index contributed by atoms with van der Waals surface area (Å²) in [5.41, 5.74) is -0.985. The molecular formula is C23H24F4N6O4S. The Labute approximate surface area is 217 Å². The summed E-state index contributed by atoms with van der Waals surface area (Å²) in [6.45, 7) is 2.23. The van der Waals surface area contributed by atoms with Crippen LogP contribution in [0, 0.1) is 17.1 Å². The Morgan fingerprint density at radius 1 is 1.26 bits per heavy atom. The van der Waals surface area contributed by atoms with E-state index in [0.29, 0.717) is 32.0 Å². The topological polar surface area (TPSA) is 128 Å². The van der Waals surface area contributed by atoms with Crippen LogP contribution in [0.2, 0.25) is 0 Å². The molecule has 1 aromatic carbocycles. The number of halogens is 4. The molecule has 1 aliphatic rings. The minimum Gasteiger partial charge on any atom is -0.379 e. The van der Waals surface area contributed by atoms with E-state index in [9.17, 15) is 37.2 Å². The van der Waals surface area contributed by atoms with Gasteiger partial charge >= 0.3 is 6.18 Å². The summed E-state index contributed by atoms with van der Waals surface area (Å²) in [7, 11) is 0. The van der Waals surface area contributed by atoms with Gasteiger partial charge in [0, 0.05) is 31.5 Å². The predicted octanol–water partition coefficient (Wildman–Crippen LogP) is 0.542. The van der Waals surface area contributed by atoms with Gasteiger partial charge in [-0.1, -0.05) is 0 Å². The first-order valence-corrected chi connectivity index (χ1v) is 12.2. The molecule has 1 saturated heterocycles. The number of nitrogens with zero attached hydrogens (tertiary/aromatic N) is 3. The van der Waals surface area contributed by atoms with E-state index >= 15 is 0 Å². The average Bonchev–Trinajstić information content (AvgIpc) is 3.18. The Balaban J connectivity index is 1.84. The van der Waals surface area contributed by atoms with Crippen molar-refractivity contribution in [2.75, 3.05) is 50.0 Å². The number of nitriles is 1. The standard InChI is InChI=1S/C23H24F4N6O4S/c1-2-33-21(36)18(38-22(33)15(10-28)20(35)30-13-23(25,26)27)11-29-14-3-4-16(24)17(9-14)31-19(34)12-32-5-7-37-8-6-32/h3-4,9,11,29H,2,5-8,12-13H2,1H3,(H,30,35)(H,31,34). The zero-order chi connectivity index (χ0) is 27.9. The number of ether oxygens (including phenoxy) is 1. The molecule has 2 heterocycles. The predicted molar refractivity (Wildman–Crippen MR) is 132 cm³/mol. The molecule has 10 nitrogen and oxygen atoms in total. The Morgan fingerprint density at radius 2 is 1.97 bits per heavy atom. The fourth-order valence-corrected chi connectivity index (χ4v) is 4.56. The Morgan fingerprint density at radius 3 is 2.61 bits per heavy atom. The highest BCUT2D eigenvalue weighted by Gasteiger charge is 2.29. The second-order valence-electron chi connectivity index (χ2n) is 8.03. The van der Waals surface area contributed by atoms with Gasteiger partial charge in [-0.05, 0) is 25.1 Å². The second kappa shape index (κ2) is 12.7. The van der Waals surface area contributed by atoms with Crippen molar-refractivity contribution in [1.29, 1.82) is 5.26 Å². The monoisotopic (exact) mass is 556 g/mol. The van der Waals surface area contributed by atoms with Crippen LogP contribution in [0.3, 0.4) is 0 Å². The van der Waals surface area contributed by atoms with E-state index in [-0.39, 0.29) is 28.0 Å². The molecular weight excluding hydrogens is 532 g/mol. The van der Waals surface area contributed by atoms with Crippen LogP contribution in [-0.2, 0) is 20.9 Å². The van der Waals surface area contributed by atoms with Crippen LogP contribution in [0.1, 0.15) is 6.92 Å². The summed E-state index contributed by atoms with van der Waals surface area (Å²) in [6.07, 6.45) is -3.41. The molecule has 1 aromatic heterocycles. The summed E-state index contributed by atoms with van der Waals surface area (Å²) in [5, 5.41) is 16.3. The summed E-state index contributed by atoms with van der Waals surface area (Å²) in [5.74, 6) is -2.34. The number of hydrogen-bond donors (Lipinski definition) is 3. The van der Waals surface area contributed by atoms with Crippen molar-refractivity contribution in [1.82, 2.24) is 14.8 Å². The number of anilines is 2. The third-order valence-corrected chi connectivity index (χ3v) is 6.44. The summed E-state index contributed by atoms with van der Waals surface area (Å²) < 4.78 is 57.9. The maximum Gasteiger partial charge on any atom is 0.405 e. The molecule has 1 fully saturated rings. The van der Waals surface area contributed by atoms with Gasteiger partial charge in [-0.3, -0.25) is 23.9 Å². The number of aromatic nitrogens is 1. The first-order chi connectivity index (χ1) is 18.0. The number of carbonyl (C=O) groups excluding carboxylic acids is 2. The van der Waals surface area contributed by atoms with Crippen molar-refractivity contribution in [3.8, 4) is 6.07 Å². The zero-order valence-electron chi connectivity index (χ0n) is 20.2. The summed E-state index contributed by atoms with van der Waals surface area (Å²) >= 11 is 0.733. The van der Waals surface area contributed by atoms with Crippen LogP contribution in [0.5, 0.6) is 0 Å². The van der Waals surface area contributed by atoms with Crippen molar-refractivity contribution in [3.63, 3.8) is 0 Å². The molecule has 0 aliphatic carbocycles. The molecule has 3 rings (SSSR count). The first-order valence-electron chi connectivity index (χ1n) is 11.4. The van der Waals surface area contributed by atoms with Gasteiger partial charge in [-0.25, -0.2) is 4.39 Å². The molecule has 0 bridgehead atoms. The van der Waals surface area contributed by atoms with Gasteiger partial charge in [0.05, 0.1) is 25.4 Å². The van der Waals surface area contributed by atoms with E-state index in [2.05, 4.69) is 10.6 Å². The fraction of sp³-hybridized carbons (Fsp3) is 0.391. The minimum absolute atomic E-state index is 0.0421.